The van der Waals surface area contributed by atoms with Gasteiger partial charge >= 0.3 is 12.1 Å². The zero-order valence-electron chi connectivity index (χ0n) is 20.1. The fourth-order valence-electron chi connectivity index (χ4n) is 3.27. The summed E-state index contributed by atoms with van der Waals surface area (Å²) in [5.74, 6) is -1.28. The van der Waals surface area contributed by atoms with Crippen LogP contribution in [0.2, 0.25) is 5.02 Å². The number of aliphatic hydroxyl groups is 1. The molecule has 0 aromatic heterocycles. The highest BCUT2D eigenvalue weighted by Gasteiger charge is 2.25. The zero-order chi connectivity index (χ0) is 26.2. The second-order valence-electron chi connectivity index (χ2n) is 9.21. The summed E-state index contributed by atoms with van der Waals surface area (Å²) in [4.78, 5) is 24.9. The monoisotopic (exact) mass is 525 g/mol. The lowest BCUT2D eigenvalue weighted by Gasteiger charge is -2.29. The molecular formula is C25H32ClNO7S. The Morgan fingerprint density at radius 1 is 1.11 bits per heavy atom. The first-order valence-electron chi connectivity index (χ1n) is 11.2. The highest BCUT2D eigenvalue weighted by atomic mass is 35.5. The van der Waals surface area contributed by atoms with Crippen molar-refractivity contribution in [2.75, 3.05) is 18.8 Å². The Labute approximate surface area is 211 Å². The second kappa shape index (κ2) is 12.4. The SMILES string of the molecule is CC(C)(C)OC(=O)N(CCc1ccc(S(=O)(=O)CCCC(=O)O)cc1)C[C@H](O)c1cccc(Cl)c1. The van der Waals surface area contributed by atoms with E-state index in [1.165, 1.54) is 17.0 Å². The van der Waals surface area contributed by atoms with E-state index in [2.05, 4.69) is 0 Å². The Hall–Kier alpha value is -2.62. The Bertz CT molecular complexity index is 1110. The maximum absolute atomic E-state index is 12.8. The standard InChI is InChI=1S/C25H32ClNO7S/c1-25(2,3)34-24(31)27(17-22(28)19-6-4-7-20(26)16-19)14-13-18-9-11-21(12-10-18)35(32,33)15-5-8-23(29)30/h4,6-7,9-12,16,22,28H,5,8,13-15,17H2,1-3H3,(H,29,30)/t22-/m0/s1. The number of rotatable bonds is 11. The fourth-order valence-corrected chi connectivity index (χ4v) is 4.78. The molecule has 0 aliphatic rings. The van der Waals surface area contributed by atoms with Gasteiger partial charge in [0, 0.05) is 18.0 Å². The maximum atomic E-state index is 12.8. The van der Waals surface area contributed by atoms with Gasteiger partial charge in [-0.25, -0.2) is 13.2 Å². The van der Waals surface area contributed by atoms with Crippen LogP contribution in [0.1, 0.15) is 50.8 Å². The molecule has 2 N–H and O–H groups in total. The van der Waals surface area contributed by atoms with Crippen LogP contribution in [0.4, 0.5) is 4.79 Å². The Morgan fingerprint density at radius 3 is 2.34 bits per heavy atom. The number of halogens is 1. The molecule has 35 heavy (non-hydrogen) atoms. The molecule has 1 atom stereocenters. The van der Waals surface area contributed by atoms with E-state index in [-0.39, 0.29) is 36.6 Å². The van der Waals surface area contributed by atoms with Gasteiger partial charge in [0.15, 0.2) is 9.84 Å². The predicted molar refractivity (Wildman–Crippen MR) is 133 cm³/mol. The average molecular weight is 526 g/mol. The summed E-state index contributed by atoms with van der Waals surface area (Å²) in [6.07, 6.45) is -1.31. The zero-order valence-corrected chi connectivity index (χ0v) is 21.7. The number of aliphatic hydroxyl groups excluding tert-OH is 1. The Balaban J connectivity index is 2.09. The van der Waals surface area contributed by atoms with Gasteiger partial charge in [0.2, 0.25) is 0 Å². The van der Waals surface area contributed by atoms with Crippen molar-refractivity contribution in [2.24, 2.45) is 0 Å². The number of benzene rings is 2. The van der Waals surface area contributed by atoms with Crippen molar-refractivity contribution < 1.29 is 33.0 Å². The highest BCUT2D eigenvalue weighted by molar-refractivity contribution is 7.91. The van der Waals surface area contributed by atoms with Crippen LogP contribution in [0.5, 0.6) is 0 Å². The maximum Gasteiger partial charge on any atom is 0.410 e. The van der Waals surface area contributed by atoms with Crippen molar-refractivity contribution in [3.63, 3.8) is 0 Å². The molecule has 0 bridgehead atoms. The van der Waals surface area contributed by atoms with Crippen LogP contribution in [-0.2, 0) is 25.8 Å². The van der Waals surface area contributed by atoms with Crippen LogP contribution in [-0.4, -0.2) is 60.0 Å². The van der Waals surface area contributed by atoms with Crippen LogP contribution < -0.4 is 0 Å². The summed E-state index contributed by atoms with van der Waals surface area (Å²) in [5.41, 5.74) is 0.649. The van der Waals surface area contributed by atoms with Gasteiger partial charge in [-0.2, -0.15) is 0 Å². The minimum atomic E-state index is -3.58. The number of amides is 1. The van der Waals surface area contributed by atoms with Crippen LogP contribution in [0.15, 0.2) is 53.4 Å². The Morgan fingerprint density at radius 2 is 1.77 bits per heavy atom. The summed E-state index contributed by atoms with van der Waals surface area (Å²) in [7, 11) is -3.58. The van der Waals surface area contributed by atoms with Gasteiger partial charge in [-0.1, -0.05) is 35.9 Å². The quantitative estimate of drug-likeness (QED) is 0.443. The van der Waals surface area contributed by atoms with Crippen molar-refractivity contribution in [3.05, 3.63) is 64.7 Å². The van der Waals surface area contributed by atoms with Gasteiger partial charge < -0.3 is 19.8 Å². The molecule has 192 valence electrons. The largest absolute Gasteiger partial charge is 0.481 e. The summed E-state index contributed by atoms with van der Waals surface area (Å²) in [6.45, 7) is 5.49. The minimum Gasteiger partial charge on any atom is -0.481 e. The van der Waals surface area contributed by atoms with Crippen LogP contribution >= 0.6 is 11.6 Å². The average Bonchev–Trinajstić information content (AvgIpc) is 2.75. The van der Waals surface area contributed by atoms with Crippen LogP contribution in [0, 0.1) is 0 Å². The molecule has 8 nitrogen and oxygen atoms in total. The van der Waals surface area contributed by atoms with E-state index in [1.54, 1.807) is 57.2 Å². The smallest absolute Gasteiger partial charge is 0.410 e. The molecule has 0 fully saturated rings. The molecule has 0 aliphatic carbocycles. The summed E-state index contributed by atoms with van der Waals surface area (Å²) in [5, 5.41) is 19.9. The topological polar surface area (TPSA) is 121 Å². The number of carboxylic acids is 1. The number of hydrogen-bond donors (Lipinski definition) is 2. The lowest BCUT2D eigenvalue weighted by molar-refractivity contribution is -0.137. The molecule has 2 aromatic carbocycles. The third kappa shape index (κ3) is 9.87. The molecule has 2 rings (SSSR count). The molecule has 2 aromatic rings. The number of ether oxygens (including phenoxy) is 1. The number of carbonyl (C=O) groups is 2. The summed E-state index contributed by atoms with van der Waals surface area (Å²) < 4.78 is 30.3. The Kier molecular flexibility index (Phi) is 10.1. The van der Waals surface area contributed by atoms with E-state index < -0.39 is 33.6 Å². The highest BCUT2D eigenvalue weighted by Crippen LogP contribution is 2.21. The first-order chi connectivity index (χ1) is 16.3. The number of aliphatic carboxylic acids is 1. The van der Waals surface area contributed by atoms with E-state index in [0.29, 0.717) is 17.0 Å². The molecular weight excluding hydrogens is 494 g/mol. The lowest BCUT2D eigenvalue weighted by atomic mass is 10.1. The molecule has 0 heterocycles. The van der Waals surface area contributed by atoms with Gasteiger partial charge in [-0.05, 0) is 69.0 Å². The number of hydrogen-bond acceptors (Lipinski definition) is 6. The molecule has 0 saturated carbocycles. The van der Waals surface area contributed by atoms with Crippen molar-refractivity contribution in [3.8, 4) is 0 Å². The predicted octanol–water partition coefficient (Wildman–Crippen LogP) is 4.49. The number of sulfone groups is 1. The summed E-state index contributed by atoms with van der Waals surface area (Å²) in [6, 6.07) is 13.0. The lowest BCUT2D eigenvalue weighted by Crippen LogP contribution is -2.40. The van der Waals surface area contributed by atoms with Crippen LogP contribution in [0.25, 0.3) is 0 Å². The van der Waals surface area contributed by atoms with E-state index in [4.69, 9.17) is 21.4 Å². The van der Waals surface area contributed by atoms with E-state index >= 15 is 0 Å². The third-order valence-corrected chi connectivity index (χ3v) is 7.09. The first kappa shape index (κ1) is 28.6. The normalized spacial score (nSPS) is 12.7. The molecule has 10 heteroatoms. The van der Waals surface area contributed by atoms with Crippen molar-refractivity contribution in [1.29, 1.82) is 0 Å². The van der Waals surface area contributed by atoms with Gasteiger partial charge in [0.05, 0.1) is 23.3 Å². The molecule has 0 radical (unpaired) electrons. The molecule has 0 saturated heterocycles. The number of nitrogens with zero attached hydrogens (tertiary/aromatic N) is 1. The third-order valence-electron chi connectivity index (χ3n) is 5.04. The van der Waals surface area contributed by atoms with Gasteiger partial charge in [0.1, 0.15) is 5.60 Å². The minimum absolute atomic E-state index is 0.00864. The molecule has 1 amide bonds. The second-order valence-corrected chi connectivity index (χ2v) is 11.8. The van der Waals surface area contributed by atoms with Gasteiger partial charge in [-0.3, -0.25) is 4.79 Å². The van der Waals surface area contributed by atoms with E-state index in [9.17, 15) is 23.1 Å². The van der Waals surface area contributed by atoms with Crippen molar-refractivity contribution in [1.82, 2.24) is 4.90 Å². The number of carbonyl (C=O) groups excluding carboxylic acids is 1. The van der Waals surface area contributed by atoms with Gasteiger partial charge in [0.25, 0.3) is 0 Å². The molecule has 0 spiro atoms. The van der Waals surface area contributed by atoms with Crippen LogP contribution in [0.3, 0.4) is 0 Å². The number of carboxylic acid groups (broad SMARTS) is 1. The molecule has 0 aliphatic heterocycles. The summed E-state index contributed by atoms with van der Waals surface area (Å²) >= 11 is 6.02. The molecule has 0 unspecified atom stereocenters. The van der Waals surface area contributed by atoms with E-state index in [0.717, 1.165) is 5.56 Å². The van der Waals surface area contributed by atoms with Crippen molar-refractivity contribution in [2.45, 2.75) is 56.6 Å². The van der Waals surface area contributed by atoms with Gasteiger partial charge in [-0.15, -0.1) is 0 Å². The van der Waals surface area contributed by atoms with E-state index in [1.807, 2.05) is 0 Å². The first-order valence-corrected chi connectivity index (χ1v) is 13.2. The van der Waals surface area contributed by atoms with Crippen molar-refractivity contribution >= 4 is 33.5 Å². The fraction of sp³-hybridized carbons (Fsp3) is 0.440.